The Morgan fingerprint density at radius 1 is 1.20 bits per heavy atom. The lowest BCUT2D eigenvalue weighted by molar-refractivity contribution is 0.362. The van der Waals surface area contributed by atoms with Gasteiger partial charge in [0.15, 0.2) is 0 Å². The molecular weight excluding hydrogens is 120 g/mol. The maximum atomic E-state index is 2.46. The van der Waals surface area contributed by atoms with Crippen molar-refractivity contribution >= 4 is 0 Å². The molecule has 2 aliphatic carbocycles. The van der Waals surface area contributed by atoms with Crippen LogP contribution in [0.25, 0.3) is 0 Å². The van der Waals surface area contributed by atoms with E-state index >= 15 is 0 Å². The zero-order chi connectivity index (χ0) is 6.97. The minimum Gasteiger partial charge on any atom is -0.0854 e. The van der Waals surface area contributed by atoms with Crippen LogP contribution in [0.4, 0.5) is 0 Å². The predicted octanol–water partition coefficient (Wildman–Crippen LogP) is 3.00. The summed E-state index contributed by atoms with van der Waals surface area (Å²) in [7, 11) is 0. The minimum absolute atomic E-state index is 0.861. The van der Waals surface area contributed by atoms with Crippen LogP contribution in [-0.4, -0.2) is 0 Å². The van der Waals surface area contributed by atoms with E-state index in [1.807, 2.05) is 0 Å². The number of fused-ring (bicyclic) bond motifs is 1. The molecule has 0 heterocycles. The van der Waals surface area contributed by atoms with Gasteiger partial charge in [-0.15, -0.1) is 0 Å². The molecule has 0 amide bonds. The summed E-state index contributed by atoms with van der Waals surface area (Å²) >= 11 is 0. The minimum atomic E-state index is 0.861. The Hall–Kier alpha value is -0.260. The Morgan fingerprint density at radius 3 is 3.00 bits per heavy atom. The van der Waals surface area contributed by atoms with E-state index in [4.69, 9.17) is 0 Å². The van der Waals surface area contributed by atoms with E-state index in [2.05, 4.69) is 19.1 Å². The zero-order valence-electron chi connectivity index (χ0n) is 6.72. The molecule has 0 nitrogen and oxygen atoms in total. The van der Waals surface area contributed by atoms with Crippen LogP contribution in [0.2, 0.25) is 0 Å². The van der Waals surface area contributed by atoms with Crippen molar-refractivity contribution in [1.29, 1.82) is 0 Å². The molecule has 0 aromatic rings. The summed E-state index contributed by atoms with van der Waals surface area (Å²) in [5.74, 6) is 2.88. The van der Waals surface area contributed by atoms with Crippen LogP contribution in [0.15, 0.2) is 12.2 Å². The van der Waals surface area contributed by atoms with Crippen molar-refractivity contribution in [1.82, 2.24) is 0 Å². The Kier molecular flexibility index (Phi) is 1.55. The van der Waals surface area contributed by atoms with E-state index in [1.54, 1.807) is 0 Å². The molecule has 0 radical (unpaired) electrons. The van der Waals surface area contributed by atoms with Crippen LogP contribution < -0.4 is 0 Å². The van der Waals surface area contributed by atoms with Crippen molar-refractivity contribution in [3.63, 3.8) is 0 Å². The molecule has 0 aromatic heterocycles. The first-order chi connectivity index (χ1) is 4.86. The lowest BCUT2D eigenvalue weighted by atomic mass is 9.82. The smallest absolute Gasteiger partial charge is 0.0205 e. The fourth-order valence-electron chi connectivity index (χ4n) is 2.50. The van der Waals surface area contributed by atoms with Crippen LogP contribution in [0.5, 0.6) is 0 Å². The van der Waals surface area contributed by atoms with Gasteiger partial charge < -0.3 is 0 Å². The second-order valence-corrected chi connectivity index (χ2v) is 3.95. The normalized spacial score (nSPS) is 45.5. The summed E-state index contributed by atoms with van der Waals surface area (Å²) in [6.07, 6.45) is 10.8. The first-order valence-corrected chi connectivity index (χ1v) is 4.54. The molecule has 0 heteroatoms. The van der Waals surface area contributed by atoms with Crippen molar-refractivity contribution in [2.45, 2.75) is 32.6 Å². The summed E-state index contributed by atoms with van der Waals surface area (Å²) in [6.45, 7) is 2.34. The average Bonchev–Trinajstić information content (AvgIpc) is 2.33. The van der Waals surface area contributed by atoms with Gasteiger partial charge in [0.2, 0.25) is 0 Å². The molecule has 56 valence electrons. The second-order valence-electron chi connectivity index (χ2n) is 3.95. The number of hydrogen-bond acceptors (Lipinski definition) is 0. The van der Waals surface area contributed by atoms with Crippen molar-refractivity contribution in [2.24, 2.45) is 17.8 Å². The molecule has 0 aliphatic heterocycles. The van der Waals surface area contributed by atoms with Gasteiger partial charge in [-0.1, -0.05) is 25.5 Å². The molecule has 1 fully saturated rings. The lowest BCUT2D eigenvalue weighted by Crippen LogP contribution is -2.13. The van der Waals surface area contributed by atoms with Gasteiger partial charge in [-0.2, -0.15) is 0 Å². The molecule has 10 heavy (non-hydrogen) atoms. The predicted molar refractivity (Wildman–Crippen MR) is 43.8 cm³/mol. The van der Waals surface area contributed by atoms with E-state index in [1.165, 1.54) is 25.7 Å². The van der Waals surface area contributed by atoms with E-state index in [0.29, 0.717) is 0 Å². The standard InChI is InChI=1S/C10H16/c1-8-5-6-9-3-2-4-10(9)7-8/h5-6,8-10H,2-4,7H2,1H3. The highest BCUT2D eigenvalue weighted by Crippen LogP contribution is 2.40. The van der Waals surface area contributed by atoms with Gasteiger partial charge in [-0.05, 0) is 37.0 Å². The number of allylic oxidation sites excluding steroid dienone is 2. The SMILES string of the molecule is CC1C=CC2CCCC2C1. The van der Waals surface area contributed by atoms with Crippen LogP contribution in [-0.2, 0) is 0 Å². The van der Waals surface area contributed by atoms with Gasteiger partial charge >= 0.3 is 0 Å². The monoisotopic (exact) mass is 136 g/mol. The van der Waals surface area contributed by atoms with Gasteiger partial charge in [0, 0.05) is 0 Å². The Balaban J connectivity index is 2.09. The topological polar surface area (TPSA) is 0 Å². The zero-order valence-corrected chi connectivity index (χ0v) is 6.72. The molecule has 0 N–H and O–H groups in total. The van der Waals surface area contributed by atoms with Crippen molar-refractivity contribution in [2.75, 3.05) is 0 Å². The van der Waals surface area contributed by atoms with Gasteiger partial charge in [0.25, 0.3) is 0 Å². The summed E-state index contributed by atoms with van der Waals surface area (Å²) < 4.78 is 0. The van der Waals surface area contributed by atoms with E-state index in [0.717, 1.165) is 17.8 Å². The van der Waals surface area contributed by atoms with E-state index in [9.17, 15) is 0 Å². The summed E-state index contributed by atoms with van der Waals surface area (Å²) in [4.78, 5) is 0. The Morgan fingerprint density at radius 2 is 2.10 bits per heavy atom. The lowest BCUT2D eigenvalue weighted by Gasteiger charge is -2.23. The van der Waals surface area contributed by atoms with Crippen LogP contribution in [0.1, 0.15) is 32.6 Å². The third-order valence-corrected chi connectivity index (χ3v) is 3.08. The highest BCUT2D eigenvalue weighted by Gasteiger charge is 2.28. The van der Waals surface area contributed by atoms with Gasteiger partial charge in [-0.25, -0.2) is 0 Å². The van der Waals surface area contributed by atoms with Crippen LogP contribution >= 0.6 is 0 Å². The summed E-state index contributed by atoms with van der Waals surface area (Å²) in [5, 5.41) is 0. The van der Waals surface area contributed by atoms with E-state index in [-0.39, 0.29) is 0 Å². The van der Waals surface area contributed by atoms with Crippen LogP contribution in [0.3, 0.4) is 0 Å². The molecule has 0 saturated heterocycles. The molecule has 2 rings (SSSR count). The van der Waals surface area contributed by atoms with Gasteiger partial charge in [-0.3, -0.25) is 0 Å². The third-order valence-electron chi connectivity index (χ3n) is 3.08. The Bertz CT molecular complexity index is 146. The number of hydrogen-bond donors (Lipinski definition) is 0. The highest BCUT2D eigenvalue weighted by molar-refractivity contribution is 5.02. The fourth-order valence-corrected chi connectivity index (χ4v) is 2.50. The molecular formula is C10H16. The molecule has 3 unspecified atom stereocenters. The molecule has 0 spiro atoms. The summed E-state index contributed by atoms with van der Waals surface area (Å²) in [5.41, 5.74) is 0. The van der Waals surface area contributed by atoms with Gasteiger partial charge in [0.05, 0.1) is 0 Å². The summed E-state index contributed by atoms with van der Waals surface area (Å²) in [6, 6.07) is 0. The second kappa shape index (κ2) is 2.41. The molecule has 0 aromatic carbocycles. The maximum Gasteiger partial charge on any atom is -0.0205 e. The highest BCUT2D eigenvalue weighted by atomic mass is 14.3. The number of rotatable bonds is 0. The van der Waals surface area contributed by atoms with Crippen molar-refractivity contribution in [3.05, 3.63) is 12.2 Å². The Labute approximate surface area is 63.3 Å². The molecule has 2 aliphatic rings. The van der Waals surface area contributed by atoms with E-state index < -0.39 is 0 Å². The van der Waals surface area contributed by atoms with Crippen LogP contribution in [0, 0.1) is 17.8 Å². The first kappa shape index (κ1) is 6.45. The maximum absolute atomic E-state index is 2.46. The molecule has 3 atom stereocenters. The largest absolute Gasteiger partial charge is 0.0854 e. The third kappa shape index (κ3) is 1.00. The van der Waals surface area contributed by atoms with Crippen molar-refractivity contribution < 1.29 is 0 Å². The molecule has 1 saturated carbocycles. The first-order valence-electron chi connectivity index (χ1n) is 4.54. The quantitative estimate of drug-likeness (QED) is 0.449. The molecule has 0 bridgehead atoms. The fraction of sp³-hybridized carbons (Fsp3) is 0.800. The van der Waals surface area contributed by atoms with Crippen molar-refractivity contribution in [3.8, 4) is 0 Å². The van der Waals surface area contributed by atoms with Gasteiger partial charge in [0.1, 0.15) is 0 Å². The average molecular weight is 136 g/mol.